The molecule has 2 atom stereocenters. The van der Waals surface area contributed by atoms with E-state index in [0.717, 1.165) is 26.2 Å². The third-order valence-electron chi connectivity index (χ3n) is 4.56. The molecule has 7 nitrogen and oxygen atoms in total. The van der Waals surface area contributed by atoms with Crippen LogP contribution in [0.2, 0.25) is 0 Å². The fraction of sp³-hybridized carbons (Fsp3) is 0.867. The van der Waals surface area contributed by atoms with Crippen molar-refractivity contribution in [3.63, 3.8) is 0 Å². The highest BCUT2D eigenvalue weighted by Gasteiger charge is 2.33. The van der Waals surface area contributed by atoms with Gasteiger partial charge in [-0.3, -0.25) is 14.5 Å². The van der Waals surface area contributed by atoms with E-state index in [1.165, 1.54) is 0 Å². The highest BCUT2D eigenvalue weighted by molar-refractivity contribution is 5.85. The van der Waals surface area contributed by atoms with Crippen LogP contribution < -0.4 is 5.32 Å². The smallest absolute Gasteiger partial charge is 0.239 e. The van der Waals surface area contributed by atoms with Crippen LogP contribution in [0.4, 0.5) is 0 Å². The average Bonchev–Trinajstić information content (AvgIpc) is 2.95. The van der Waals surface area contributed by atoms with Gasteiger partial charge < -0.3 is 20.2 Å². The van der Waals surface area contributed by atoms with Crippen LogP contribution >= 0.6 is 24.8 Å². The number of aliphatic hydroxyl groups is 1. The van der Waals surface area contributed by atoms with Gasteiger partial charge in [-0.1, -0.05) is 0 Å². The van der Waals surface area contributed by atoms with Gasteiger partial charge in [0.05, 0.1) is 18.7 Å². The number of hydrogen-bond donors (Lipinski definition) is 2. The Labute approximate surface area is 156 Å². The van der Waals surface area contributed by atoms with Gasteiger partial charge in [0.2, 0.25) is 11.8 Å². The molecule has 2 unspecified atom stereocenters. The molecule has 0 saturated carbocycles. The lowest BCUT2D eigenvalue weighted by atomic mass is 10.1. The Morgan fingerprint density at radius 1 is 1.12 bits per heavy atom. The quantitative estimate of drug-likeness (QED) is 0.672. The fourth-order valence-corrected chi connectivity index (χ4v) is 3.12. The van der Waals surface area contributed by atoms with Crippen molar-refractivity contribution in [2.24, 2.45) is 0 Å². The summed E-state index contributed by atoms with van der Waals surface area (Å²) >= 11 is 0. The van der Waals surface area contributed by atoms with Crippen LogP contribution in [0.1, 0.15) is 20.3 Å². The number of rotatable bonds is 5. The van der Waals surface area contributed by atoms with E-state index in [-0.39, 0.29) is 42.7 Å². The lowest BCUT2D eigenvalue weighted by Crippen LogP contribution is -2.54. The van der Waals surface area contributed by atoms with E-state index in [9.17, 15) is 14.7 Å². The van der Waals surface area contributed by atoms with E-state index in [4.69, 9.17) is 0 Å². The van der Waals surface area contributed by atoms with Gasteiger partial charge in [0.25, 0.3) is 0 Å². The first kappa shape index (κ1) is 23.4. The van der Waals surface area contributed by atoms with E-state index in [1.54, 1.807) is 0 Å². The molecular weight excluding hydrogens is 355 g/mol. The summed E-state index contributed by atoms with van der Waals surface area (Å²) in [5.41, 5.74) is 0. The number of amides is 2. The third-order valence-corrected chi connectivity index (χ3v) is 4.56. The molecule has 0 radical (unpaired) electrons. The highest BCUT2D eigenvalue weighted by Crippen LogP contribution is 2.12. The molecule has 0 aromatic rings. The fourth-order valence-electron chi connectivity index (χ4n) is 3.12. The van der Waals surface area contributed by atoms with Gasteiger partial charge in [0.15, 0.2) is 0 Å². The van der Waals surface area contributed by atoms with Crippen molar-refractivity contribution < 1.29 is 14.7 Å². The van der Waals surface area contributed by atoms with Gasteiger partial charge in [0, 0.05) is 45.8 Å². The molecule has 2 saturated heterocycles. The third kappa shape index (κ3) is 6.04. The molecule has 0 aliphatic carbocycles. The first-order chi connectivity index (χ1) is 10.5. The zero-order chi connectivity index (χ0) is 16.1. The number of hydrogen-bond acceptors (Lipinski definition) is 5. The number of aliphatic hydroxyl groups excluding tert-OH is 1. The van der Waals surface area contributed by atoms with Gasteiger partial charge in [-0.2, -0.15) is 0 Å². The molecule has 0 aromatic carbocycles. The van der Waals surface area contributed by atoms with E-state index >= 15 is 0 Å². The molecule has 2 rings (SSSR count). The number of nitrogens with zero attached hydrogens (tertiary/aromatic N) is 3. The van der Waals surface area contributed by atoms with Crippen molar-refractivity contribution in [3.8, 4) is 0 Å². The van der Waals surface area contributed by atoms with E-state index in [0.29, 0.717) is 32.6 Å². The number of β-amino-alcohol motifs (C(OH)–C–C–N with tert-alkyl or cyclic N) is 1. The standard InChI is InChI=1S/C15H28N4O3.2ClH/c1-3-18(4-2)14(21)11-17-5-7-19(8-6-17)15(22)13-9-12(20)10-16-13;;/h12-13,16,20H,3-11H2,1-2H3;2*1H. The maximum Gasteiger partial charge on any atom is 0.239 e. The predicted octanol–water partition coefficient (Wildman–Crippen LogP) is -0.435. The van der Waals surface area contributed by atoms with Crippen molar-refractivity contribution in [1.29, 1.82) is 0 Å². The molecule has 2 N–H and O–H groups in total. The Balaban J connectivity index is 0.00000264. The molecule has 2 aliphatic rings. The molecule has 0 aromatic heterocycles. The summed E-state index contributed by atoms with van der Waals surface area (Å²) in [5.74, 6) is 0.233. The Hall–Kier alpha value is -0.600. The van der Waals surface area contributed by atoms with E-state index in [2.05, 4.69) is 10.2 Å². The molecule has 2 amide bonds. The molecule has 0 bridgehead atoms. The summed E-state index contributed by atoms with van der Waals surface area (Å²) in [5, 5.41) is 12.6. The molecule has 2 fully saturated rings. The van der Waals surface area contributed by atoms with Gasteiger partial charge in [-0.05, 0) is 20.3 Å². The SMILES string of the molecule is CCN(CC)C(=O)CN1CCN(C(=O)C2CC(O)CN2)CC1.Cl.Cl. The van der Waals surface area contributed by atoms with Gasteiger partial charge >= 0.3 is 0 Å². The second-order valence-electron chi connectivity index (χ2n) is 6.02. The predicted molar refractivity (Wildman–Crippen MR) is 97.9 cm³/mol. The van der Waals surface area contributed by atoms with Crippen LogP contribution in [0.3, 0.4) is 0 Å². The maximum atomic E-state index is 12.3. The van der Waals surface area contributed by atoms with Gasteiger partial charge in [-0.25, -0.2) is 0 Å². The number of carbonyl (C=O) groups excluding carboxylic acids is 2. The van der Waals surface area contributed by atoms with Crippen LogP contribution in [-0.2, 0) is 9.59 Å². The minimum atomic E-state index is -0.415. The maximum absolute atomic E-state index is 12.3. The lowest BCUT2D eigenvalue weighted by Gasteiger charge is -2.36. The lowest BCUT2D eigenvalue weighted by molar-refractivity contribution is -0.136. The Bertz CT molecular complexity index is 402. The van der Waals surface area contributed by atoms with Gasteiger partial charge in [0.1, 0.15) is 0 Å². The minimum absolute atomic E-state index is 0. The topological polar surface area (TPSA) is 76.1 Å². The largest absolute Gasteiger partial charge is 0.392 e. The molecular formula is C15H30Cl2N4O3. The molecule has 2 aliphatic heterocycles. The zero-order valence-electron chi connectivity index (χ0n) is 14.4. The van der Waals surface area contributed by atoms with Crippen molar-refractivity contribution >= 4 is 36.6 Å². The van der Waals surface area contributed by atoms with Crippen LogP contribution in [0.5, 0.6) is 0 Å². The van der Waals surface area contributed by atoms with E-state index in [1.807, 2.05) is 23.6 Å². The van der Waals surface area contributed by atoms with Crippen molar-refractivity contribution in [1.82, 2.24) is 20.0 Å². The van der Waals surface area contributed by atoms with Crippen LogP contribution in [0, 0.1) is 0 Å². The van der Waals surface area contributed by atoms with Crippen molar-refractivity contribution in [2.45, 2.75) is 32.4 Å². The van der Waals surface area contributed by atoms with Crippen LogP contribution in [-0.4, -0.2) is 96.1 Å². The summed E-state index contributed by atoms with van der Waals surface area (Å²) in [6.07, 6.45) is 0.0846. The molecule has 0 spiro atoms. The zero-order valence-corrected chi connectivity index (χ0v) is 16.1. The van der Waals surface area contributed by atoms with Gasteiger partial charge in [-0.15, -0.1) is 24.8 Å². The average molecular weight is 385 g/mol. The summed E-state index contributed by atoms with van der Waals surface area (Å²) in [4.78, 5) is 30.2. The molecule has 9 heteroatoms. The minimum Gasteiger partial charge on any atom is -0.392 e. The van der Waals surface area contributed by atoms with E-state index < -0.39 is 6.10 Å². The molecule has 24 heavy (non-hydrogen) atoms. The molecule has 142 valence electrons. The first-order valence-electron chi connectivity index (χ1n) is 8.25. The number of nitrogens with one attached hydrogen (secondary N) is 1. The monoisotopic (exact) mass is 384 g/mol. The van der Waals surface area contributed by atoms with Crippen molar-refractivity contribution in [3.05, 3.63) is 0 Å². The van der Waals surface area contributed by atoms with Crippen LogP contribution in [0.15, 0.2) is 0 Å². The first-order valence-corrected chi connectivity index (χ1v) is 8.25. The number of carbonyl (C=O) groups is 2. The Morgan fingerprint density at radius 2 is 1.71 bits per heavy atom. The Morgan fingerprint density at radius 3 is 2.17 bits per heavy atom. The highest BCUT2D eigenvalue weighted by atomic mass is 35.5. The number of piperazine rings is 1. The summed E-state index contributed by atoms with van der Waals surface area (Å²) in [7, 11) is 0. The summed E-state index contributed by atoms with van der Waals surface area (Å²) < 4.78 is 0. The normalized spacial score (nSPS) is 24.0. The van der Waals surface area contributed by atoms with Crippen LogP contribution in [0.25, 0.3) is 0 Å². The second-order valence-corrected chi connectivity index (χ2v) is 6.02. The summed E-state index contributed by atoms with van der Waals surface area (Å²) in [6, 6.07) is -0.251. The van der Waals surface area contributed by atoms with Crippen molar-refractivity contribution in [2.75, 3.05) is 52.4 Å². The summed E-state index contributed by atoms with van der Waals surface area (Å²) in [6.45, 7) is 9.15. The number of likely N-dealkylation sites (N-methyl/N-ethyl adjacent to an activating group) is 1. The molecule has 2 heterocycles. The Kier molecular flexibility index (Phi) is 10.8. The second kappa shape index (κ2) is 11.1. The number of halogens is 2.